The Morgan fingerprint density at radius 2 is 2.09 bits per heavy atom. The molecule has 1 N–H and O–H groups in total. The number of hydrogen-bond donors (Lipinski definition) is 1. The summed E-state index contributed by atoms with van der Waals surface area (Å²) >= 11 is 0. The minimum Gasteiger partial charge on any atom is -0.410 e. The fourth-order valence-electron chi connectivity index (χ4n) is 2.06. The van der Waals surface area contributed by atoms with Gasteiger partial charge in [0.15, 0.2) is 0 Å². The molecule has 0 atom stereocenters. The number of amides is 1. The van der Waals surface area contributed by atoms with Crippen LogP contribution in [0.25, 0.3) is 0 Å². The zero-order valence-electron chi connectivity index (χ0n) is 13.3. The molecule has 0 saturated carbocycles. The molecule has 0 spiro atoms. The van der Waals surface area contributed by atoms with E-state index in [-0.39, 0.29) is 0 Å². The van der Waals surface area contributed by atoms with Gasteiger partial charge in [-0.3, -0.25) is 4.98 Å². The Labute approximate surface area is 131 Å². The van der Waals surface area contributed by atoms with Gasteiger partial charge in [-0.1, -0.05) is 32.0 Å². The number of carbonyl (C=O) groups is 1. The highest BCUT2D eigenvalue weighted by Gasteiger charge is 2.09. The van der Waals surface area contributed by atoms with E-state index in [1.807, 2.05) is 37.3 Å². The molecule has 116 valence electrons. The number of carbonyl (C=O) groups excluding carboxylic acids is 1. The maximum atomic E-state index is 11.9. The first kappa shape index (κ1) is 16.0. The van der Waals surface area contributed by atoms with Crippen molar-refractivity contribution in [1.29, 1.82) is 0 Å². The smallest absolute Gasteiger partial charge is 0.410 e. The van der Waals surface area contributed by atoms with Gasteiger partial charge >= 0.3 is 6.09 Å². The van der Waals surface area contributed by atoms with E-state index in [2.05, 4.69) is 30.2 Å². The number of nitrogens with one attached hydrogen (secondary N) is 1. The molecule has 4 nitrogen and oxygen atoms in total. The third-order valence-electron chi connectivity index (χ3n) is 3.46. The standard InChI is InChI=1S/C18H22N2O2/c1-13(2)15-8-7-14(3)17(12-15)22-18(21)20-11-9-16-6-4-5-10-19-16/h4-8,10,12-13H,9,11H2,1-3H3,(H,20,21). The van der Waals surface area contributed by atoms with Crippen molar-refractivity contribution >= 4 is 6.09 Å². The maximum Gasteiger partial charge on any atom is 0.412 e. The number of nitrogens with zero attached hydrogens (tertiary/aromatic N) is 1. The fraction of sp³-hybridized carbons (Fsp3) is 0.333. The van der Waals surface area contributed by atoms with Crippen molar-refractivity contribution in [3.63, 3.8) is 0 Å². The van der Waals surface area contributed by atoms with Crippen molar-refractivity contribution < 1.29 is 9.53 Å². The lowest BCUT2D eigenvalue weighted by atomic mass is 10.0. The molecule has 1 aromatic heterocycles. The Balaban J connectivity index is 1.88. The van der Waals surface area contributed by atoms with E-state index < -0.39 is 6.09 Å². The number of hydrogen-bond acceptors (Lipinski definition) is 3. The predicted octanol–water partition coefficient (Wildman–Crippen LogP) is 3.84. The summed E-state index contributed by atoms with van der Waals surface area (Å²) in [6.07, 6.45) is 2.00. The molecule has 1 amide bonds. The molecule has 22 heavy (non-hydrogen) atoms. The Kier molecular flexibility index (Phi) is 5.53. The second-order valence-corrected chi connectivity index (χ2v) is 5.57. The molecule has 0 aliphatic carbocycles. The van der Waals surface area contributed by atoms with Gasteiger partial charge in [-0.2, -0.15) is 0 Å². The number of aryl methyl sites for hydroxylation is 1. The largest absolute Gasteiger partial charge is 0.412 e. The fourth-order valence-corrected chi connectivity index (χ4v) is 2.06. The molecule has 0 bridgehead atoms. The molecule has 0 radical (unpaired) electrons. The summed E-state index contributed by atoms with van der Waals surface area (Å²) < 4.78 is 5.40. The van der Waals surface area contributed by atoms with Gasteiger partial charge in [-0.05, 0) is 42.2 Å². The van der Waals surface area contributed by atoms with Crippen LogP contribution in [-0.4, -0.2) is 17.6 Å². The Morgan fingerprint density at radius 1 is 1.27 bits per heavy atom. The molecule has 0 aliphatic heterocycles. The minimum atomic E-state index is -0.431. The normalized spacial score (nSPS) is 10.5. The van der Waals surface area contributed by atoms with Gasteiger partial charge in [0.05, 0.1) is 0 Å². The Morgan fingerprint density at radius 3 is 2.77 bits per heavy atom. The van der Waals surface area contributed by atoms with Crippen LogP contribution in [0, 0.1) is 6.92 Å². The molecule has 0 aliphatic rings. The highest BCUT2D eigenvalue weighted by molar-refractivity contribution is 5.70. The summed E-state index contributed by atoms with van der Waals surface area (Å²) in [5, 5.41) is 2.75. The van der Waals surface area contributed by atoms with Crippen LogP contribution in [0.15, 0.2) is 42.6 Å². The van der Waals surface area contributed by atoms with E-state index in [4.69, 9.17) is 4.74 Å². The van der Waals surface area contributed by atoms with E-state index in [1.54, 1.807) is 6.20 Å². The zero-order chi connectivity index (χ0) is 15.9. The van der Waals surface area contributed by atoms with Crippen LogP contribution in [0.4, 0.5) is 4.79 Å². The van der Waals surface area contributed by atoms with Gasteiger partial charge in [0, 0.05) is 24.9 Å². The van der Waals surface area contributed by atoms with Gasteiger partial charge in [0.2, 0.25) is 0 Å². The third-order valence-corrected chi connectivity index (χ3v) is 3.46. The lowest BCUT2D eigenvalue weighted by Gasteiger charge is -2.12. The van der Waals surface area contributed by atoms with Crippen LogP contribution in [0.1, 0.15) is 36.6 Å². The molecule has 2 aromatic rings. The first-order chi connectivity index (χ1) is 10.6. The van der Waals surface area contributed by atoms with Crippen molar-refractivity contribution in [2.75, 3.05) is 6.54 Å². The second kappa shape index (κ2) is 7.59. The Bertz CT molecular complexity index is 624. The zero-order valence-corrected chi connectivity index (χ0v) is 13.3. The highest BCUT2D eigenvalue weighted by Crippen LogP contribution is 2.24. The number of benzene rings is 1. The average molecular weight is 298 g/mol. The van der Waals surface area contributed by atoms with Gasteiger partial charge in [-0.15, -0.1) is 0 Å². The molecule has 2 rings (SSSR count). The number of aromatic nitrogens is 1. The van der Waals surface area contributed by atoms with E-state index in [0.717, 1.165) is 16.8 Å². The van der Waals surface area contributed by atoms with Crippen molar-refractivity contribution in [3.8, 4) is 5.75 Å². The van der Waals surface area contributed by atoms with E-state index in [1.165, 1.54) is 0 Å². The molecule has 0 saturated heterocycles. The van der Waals surface area contributed by atoms with E-state index >= 15 is 0 Å². The van der Waals surface area contributed by atoms with Crippen LogP contribution in [0.5, 0.6) is 5.75 Å². The summed E-state index contributed by atoms with van der Waals surface area (Å²) in [6, 6.07) is 11.7. The summed E-state index contributed by atoms with van der Waals surface area (Å²) in [4.78, 5) is 16.1. The second-order valence-electron chi connectivity index (χ2n) is 5.57. The monoisotopic (exact) mass is 298 g/mol. The first-order valence-electron chi connectivity index (χ1n) is 7.52. The van der Waals surface area contributed by atoms with Gasteiger partial charge in [0.25, 0.3) is 0 Å². The third kappa shape index (κ3) is 4.58. The topological polar surface area (TPSA) is 51.2 Å². The van der Waals surface area contributed by atoms with Crippen LogP contribution in [0.3, 0.4) is 0 Å². The molecule has 4 heteroatoms. The SMILES string of the molecule is Cc1ccc(C(C)C)cc1OC(=O)NCCc1ccccn1. The van der Waals surface area contributed by atoms with Crippen molar-refractivity contribution in [3.05, 3.63) is 59.4 Å². The van der Waals surface area contributed by atoms with Gasteiger partial charge in [-0.25, -0.2) is 4.79 Å². The quantitative estimate of drug-likeness (QED) is 0.912. The number of ether oxygens (including phenoxy) is 1. The average Bonchev–Trinajstić information content (AvgIpc) is 2.50. The van der Waals surface area contributed by atoms with Crippen molar-refractivity contribution in [1.82, 2.24) is 10.3 Å². The summed E-state index contributed by atoms with van der Waals surface area (Å²) in [5.74, 6) is 1.01. The van der Waals surface area contributed by atoms with E-state index in [9.17, 15) is 4.79 Å². The van der Waals surface area contributed by atoms with Crippen LogP contribution >= 0.6 is 0 Å². The molecule has 1 heterocycles. The predicted molar refractivity (Wildman–Crippen MR) is 87.2 cm³/mol. The number of rotatable bonds is 5. The van der Waals surface area contributed by atoms with E-state index in [0.29, 0.717) is 24.6 Å². The lowest BCUT2D eigenvalue weighted by molar-refractivity contribution is 0.200. The summed E-state index contributed by atoms with van der Waals surface area (Å²) in [7, 11) is 0. The minimum absolute atomic E-state index is 0.398. The van der Waals surface area contributed by atoms with Gasteiger partial charge in [0.1, 0.15) is 5.75 Å². The van der Waals surface area contributed by atoms with Crippen molar-refractivity contribution in [2.24, 2.45) is 0 Å². The van der Waals surface area contributed by atoms with Gasteiger partial charge < -0.3 is 10.1 Å². The molecular weight excluding hydrogens is 276 g/mol. The van der Waals surface area contributed by atoms with Crippen molar-refractivity contribution in [2.45, 2.75) is 33.1 Å². The first-order valence-corrected chi connectivity index (χ1v) is 7.52. The highest BCUT2D eigenvalue weighted by atomic mass is 16.6. The lowest BCUT2D eigenvalue weighted by Crippen LogP contribution is -2.29. The van der Waals surface area contributed by atoms with Crippen LogP contribution < -0.4 is 10.1 Å². The number of pyridine rings is 1. The summed E-state index contributed by atoms with van der Waals surface area (Å²) in [5.41, 5.74) is 3.05. The van der Waals surface area contributed by atoms with Crippen LogP contribution in [0.2, 0.25) is 0 Å². The van der Waals surface area contributed by atoms with Crippen LogP contribution in [-0.2, 0) is 6.42 Å². The Hall–Kier alpha value is -2.36. The maximum absolute atomic E-state index is 11.9. The molecule has 1 aromatic carbocycles. The molecular formula is C18H22N2O2. The summed E-state index contributed by atoms with van der Waals surface area (Å²) in [6.45, 7) is 6.65. The molecule has 0 unspecified atom stereocenters. The molecule has 0 fully saturated rings.